The van der Waals surface area contributed by atoms with E-state index in [1.54, 1.807) is 0 Å². The average molecular weight is 500 g/mol. The molecular weight excluding hydrogens is 464 g/mol. The standard InChI is InChI=1S/C36H35O2/c1-36(15-9-4-10-16-36)27-17-25-19-30-32(37-2)21-23-11-5-7-13-28(23)34(30)35-29-14-8-6-12-24(29)22-33(38-3)31(35)20-26(25)18-27/h5-8,11-14,17-18,21-22H,4,9-10,15-16,19-20H2,1-3H3/q-1. The van der Waals surface area contributed by atoms with Gasteiger partial charge in [-0.2, -0.15) is 22.8 Å². The van der Waals surface area contributed by atoms with Gasteiger partial charge in [0.1, 0.15) is 11.5 Å². The minimum Gasteiger partial charge on any atom is -0.496 e. The SMILES string of the molecule is COc1cc2ccccc2c2c1Cc1cc(C3(C)CCCCC3)[cH-]c1Cc1c(OC)cc3ccccc3c1-2. The lowest BCUT2D eigenvalue weighted by atomic mass is 9.72. The van der Waals surface area contributed by atoms with Crippen LogP contribution in [-0.4, -0.2) is 14.2 Å². The monoisotopic (exact) mass is 499 g/mol. The molecule has 7 rings (SSSR count). The van der Waals surface area contributed by atoms with Gasteiger partial charge < -0.3 is 9.47 Å². The van der Waals surface area contributed by atoms with Crippen LogP contribution in [0.2, 0.25) is 0 Å². The number of methoxy groups -OCH3 is 2. The molecule has 5 aromatic carbocycles. The van der Waals surface area contributed by atoms with Crippen molar-refractivity contribution < 1.29 is 9.47 Å². The zero-order valence-electron chi connectivity index (χ0n) is 22.7. The van der Waals surface area contributed by atoms with Crippen LogP contribution >= 0.6 is 0 Å². The Hall–Kier alpha value is -3.65. The van der Waals surface area contributed by atoms with Crippen LogP contribution in [0.4, 0.5) is 0 Å². The molecule has 0 aliphatic heterocycles. The molecule has 0 spiro atoms. The summed E-state index contributed by atoms with van der Waals surface area (Å²) in [6.07, 6.45) is 8.34. The number of hydrogen-bond acceptors (Lipinski definition) is 2. The molecule has 1 saturated carbocycles. The second-order valence-corrected chi connectivity index (χ2v) is 11.6. The minimum absolute atomic E-state index is 0.270. The van der Waals surface area contributed by atoms with E-state index in [2.05, 4.69) is 79.7 Å². The van der Waals surface area contributed by atoms with Gasteiger partial charge in [-0.1, -0.05) is 81.1 Å². The molecule has 0 saturated heterocycles. The molecule has 2 aliphatic carbocycles. The molecule has 38 heavy (non-hydrogen) atoms. The Morgan fingerprint density at radius 2 is 1.24 bits per heavy atom. The first kappa shape index (κ1) is 23.5. The molecule has 2 nitrogen and oxygen atoms in total. The Morgan fingerprint density at radius 3 is 1.82 bits per heavy atom. The first-order chi connectivity index (χ1) is 18.6. The highest BCUT2D eigenvalue weighted by Crippen LogP contribution is 2.49. The summed E-state index contributed by atoms with van der Waals surface area (Å²) in [6.45, 7) is 2.48. The molecule has 0 radical (unpaired) electrons. The van der Waals surface area contributed by atoms with Crippen molar-refractivity contribution in [2.24, 2.45) is 0 Å². The highest BCUT2D eigenvalue weighted by molar-refractivity contribution is 6.10. The van der Waals surface area contributed by atoms with Crippen molar-refractivity contribution in [3.8, 4) is 22.6 Å². The molecule has 1 fully saturated rings. The van der Waals surface area contributed by atoms with E-state index >= 15 is 0 Å². The molecule has 0 heterocycles. The zero-order valence-corrected chi connectivity index (χ0v) is 22.7. The van der Waals surface area contributed by atoms with E-state index in [0.717, 1.165) is 24.3 Å². The van der Waals surface area contributed by atoms with Crippen LogP contribution in [0.25, 0.3) is 32.7 Å². The first-order valence-corrected chi connectivity index (χ1v) is 14.1. The largest absolute Gasteiger partial charge is 0.496 e. The highest BCUT2D eigenvalue weighted by Gasteiger charge is 2.29. The van der Waals surface area contributed by atoms with Gasteiger partial charge in [0.05, 0.1) is 14.2 Å². The Bertz CT molecular complexity index is 1570. The van der Waals surface area contributed by atoms with Crippen molar-refractivity contribution in [1.82, 2.24) is 0 Å². The maximum atomic E-state index is 6.13. The van der Waals surface area contributed by atoms with Crippen molar-refractivity contribution in [2.45, 2.75) is 57.3 Å². The van der Waals surface area contributed by atoms with Gasteiger partial charge in [-0.15, -0.1) is 0 Å². The molecule has 2 aliphatic rings. The fraction of sp³-hybridized carbons (Fsp3) is 0.306. The molecule has 0 bridgehead atoms. The summed E-state index contributed by atoms with van der Waals surface area (Å²) in [6, 6.07) is 27.0. The Morgan fingerprint density at radius 1 is 0.684 bits per heavy atom. The second-order valence-electron chi connectivity index (χ2n) is 11.6. The molecule has 0 aromatic heterocycles. The molecule has 0 N–H and O–H groups in total. The third kappa shape index (κ3) is 3.57. The van der Waals surface area contributed by atoms with Crippen LogP contribution in [-0.2, 0) is 18.3 Å². The average Bonchev–Trinajstić information content (AvgIpc) is 3.34. The summed E-state index contributed by atoms with van der Waals surface area (Å²) in [4.78, 5) is 0. The predicted octanol–water partition coefficient (Wildman–Crippen LogP) is 9.11. The summed E-state index contributed by atoms with van der Waals surface area (Å²) in [5.74, 6) is 1.94. The van der Waals surface area contributed by atoms with E-state index in [4.69, 9.17) is 9.47 Å². The maximum Gasteiger partial charge on any atom is 0.123 e. The molecule has 0 atom stereocenters. The summed E-state index contributed by atoms with van der Waals surface area (Å²) in [5.41, 5.74) is 9.79. The summed E-state index contributed by atoms with van der Waals surface area (Å²) in [5, 5.41) is 4.97. The van der Waals surface area contributed by atoms with E-state index < -0.39 is 0 Å². The molecule has 192 valence electrons. The Labute approximate surface area is 225 Å². The molecule has 0 unspecified atom stereocenters. The van der Waals surface area contributed by atoms with Gasteiger partial charge in [0, 0.05) is 5.56 Å². The van der Waals surface area contributed by atoms with Gasteiger partial charge in [0.15, 0.2) is 0 Å². The lowest BCUT2D eigenvalue weighted by Gasteiger charge is -2.36. The van der Waals surface area contributed by atoms with E-state index in [1.807, 2.05) is 14.2 Å². The lowest BCUT2D eigenvalue weighted by molar-refractivity contribution is 0.320. The molecular formula is C36H35O2-. The molecule has 5 aromatic rings. The number of benzene rings is 4. The first-order valence-electron chi connectivity index (χ1n) is 14.1. The number of fused-ring (bicyclic) bond motifs is 8. The molecule has 2 heteroatoms. The van der Waals surface area contributed by atoms with Crippen molar-refractivity contribution in [1.29, 1.82) is 0 Å². The zero-order chi connectivity index (χ0) is 25.9. The van der Waals surface area contributed by atoms with Crippen LogP contribution in [0.3, 0.4) is 0 Å². The van der Waals surface area contributed by atoms with E-state index in [9.17, 15) is 0 Å². The number of ether oxygens (including phenoxy) is 2. The molecule has 0 amide bonds. The summed E-state index contributed by atoms with van der Waals surface area (Å²) < 4.78 is 12.3. The van der Waals surface area contributed by atoms with Gasteiger partial charge in [0.25, 0.3) is 0 Å². The van der Waals surface area contributed by atoms with Crippen LogP contribution in [0, 0.1) is 0 Å². The third-order valence-corrected chi connectivity index (χ3v) is 9.38. The van der Waals surface area contributed by atoms with Gasteiger partial charge in [-0.25, -0.2) is 6.07 Å². The van der Waals surface area contributed by atoms with Gasteiger partial charge in [-0.05, 0) is 75.0 Å². The Kier molecular flexibility index (Phi) is 5.54. The van der Waals surface area contributed by atoms with Gasteiger partial charge in [0.2, 0.25) is 0 Å². The normalized spacial score (nSPS) is 16.3. The lowest BCUT2D eigenvalue weighted by Crippen LogP contribution is -2.24. The van der Waals surface area contributed by atoms with Crippen LogP contribution in [0.15, 0.2) is 72.8 Å². The summed E-state index contributed by atoms with van der Waals surface area (Å²) in [7, 11) is 3.63. The highest BCUT2D eigenvalue weighted by atomic mass is 16.5. The van der Waals surface area contributed by atoms with Crippen molar-refractivity contribution in [3.63, 3.8) is 0 Å². The topological polar surface area (TPSA) is 18.5 Å². The van der Waals surface area contributed by atoms with E-state index in [0.29, 0.717) is 0 Å². The van der Waals surface area contributed by atoms with Crippen molar-refractivity contribution in [3.05, 3.63) is 101 Å². The van der Waals surface area contributed by atoms with Gasteiger partial charge in [-0.3, -0.25) is 0 Å². The number of rotatable bonds is 3. The van der Waals surface area contributed by atoms with Crippen LogP contribution < -0.4 is 9.47 Å². The number of hydrogen-bond donors (Lipinski definition) is 0. The predicted molar refractivity (Wildman–Crippen MR) is 158 cm³/mol. The van der Waals surface area contributed by atoms with Crippen LogP contribution in [0.5, 0.6) is 11.5 Å². The van der Waals surface area contributed by atoms with Crippen molar-refractivity contribution in [2.75, 3.05) is 14.2 Å². The fourth-order valence-corrected chi connectivity index (χ4v) is 7.30. The Balaban J connectivity index is 1.59. The maximum absolute atomic E-state index is 6.13. The quantitative estimate of drug-likeness (QED) is 0.226. The fourth-order valence-electron chi connectivity index (χ4n) is 7.30. The van der Waals surface area contributed by atoms with E-state index in [1.165, 1.54) is 92.6 Å². The third-order valence-electron chi connectivity index (χ3n) is 9.38. The van der Waals surface area contributed by atoms with E-state index in [-0.39, 0.29) is 5.41 Å². The summed E-state index contributed by atoms with van der Waals surface area (Å²) >= 11 is 0. The minimum atomic E-state index is 0.270. The second kappa shape index (κ2) is 8.98. The van der Waals surface area contributed by atoms with Gasteiger partial charge >= 0.3 is 0 Å². The smallest absolute Gasteiger partial charge is 0.123 e. The van der Waals surface area contributed by atoms with Crippen molar-refractivity contribution >= 4 is 21.5 Å². The van der Waals surface area contributed by atoms with Crippen LogP contribution in [0.1, 0.15) is 66.8 Å².